The van der Waals surface area contributed by atoms with Crippen molar-refractivity contribution in [1.82, 2.24) is 5.32 Å². The molecule has 0 saturated carbocycles. The number of rotatable bonds is 4. The minimum absolute atomic E-state index is 0.0811. The summed E-state index contributed by atoms with van der Waals surface area (Å²) in [6, 6.07) is 9.16. The summed E-state index contributed by atoms with van der Waals surface area (Å²) in [4.78, 5) is 11.8. The highest BCUT2D eigenvalue weighted by Crippen LogP contribution is 2.36. The first-order chi connectivity index (χ1) is 13.7. The average Bonchev–Trinajstić information content (AvgIpc) is 2.66. The maximum atomic E-state index is 12.9. The summed E-state index contributed by atoms with van der Waals surface area (Å²) in [5, 5.41) is 3.04. The highest BCUT2D eigenvalue weighted by Gasteiger charge is 2.30. The molecule has 0 spiro atoms. The summed E-state index contributed by atoms with van der Waals surface area (Å²) in [5.41, 5.74) is 7.38. The number of ether oxygens (including phenoxy) is 1. The van der Waals surface area contributed by atoms with E-state index < -0.39 is 22.1 Å². The van der Waals surface area contributed by atoms with Crippen molar-refractivity contribution in [3.05, 3.63) is 53.1 Å². The van der Waals surface area contributed by atoms with Gasteiger partial charge in [-0.15, -0.1) is 0 Å². The topological polar surface area (TPSA) is 108 Å². The molecule has 4 rings (SSSR count). The maximum Gasteiger partial charge on any atom is 0.339 e. The Balaban J connectivity index is 1.65. The van der Waals surface area contributed by atoms with Crippen molar-refractivity contribution < 1.29 is 22.1 Å². The molecule has 1 unspecified atom stereocenters. The van der Waals surface area contributed by atoms with Gasteiger partial charge in [-0.2, -0.15) is 8.42 Å². The van der Waals surface area contributed by atoms with Crippen molar-refractivity contribution in [2.45, 2.75) is 49.6 Å². The normalized spacial score (nSPS) is 20.1. The van der Waals surface area contributed by atoms with Crippen LogP contribution in [-0.4, -0.2) is 26.5 Å². The smallest absolute Gasteiger partial charge is 0.339 e. The van der Waals surface area contributed by atoms with Crippen LogP contribution in [0.3, 0.4) is 0 Å². The van der Waals surface area contributed by atoms with Gasteiger partial charge in [-0.1, -0.05) is 12.1 Å². The summed E-state index contributed by atoms with van der Waals surface area (Å²) in [5.74, 6) is 0.418. The second kappa shape index (κ2) is 7.03. The van der Waals surface area contributed by atoms with Crippen molar-refractivity contribution in [3.63, 3.8) is 0 Å². The molecule has 0 radical (unpaired) electrons. The number of amides is 1. The van der Waals surface area contributed by atoms with E-state index >= 15 is 0 Å². The van der Waals surface area contributed by atoms with Crippen LogP contribution < -0.4 is 20.0 Å². The van der Waals surface area contributed by atoms with E-state index in [9.17, 15) is 13.2 Å². The van der Waals surface area contributed by atoms with Gasteiger partial charge in [0, 0.05) is 12.1 Å². The number of hydrogen-bond acceptors (Lipinski definition) is 6. The number of nitrogens with one attached hydrogen (secondary N) is 1. The molecule has 2 aliphatic rings. The molecule has 1 atom stereocenters. The van der Waals surface area contributed by atoms with E-state index in [1.807, 2.05) is 13.8 Å². The number of carbonyl (C=O) groups is 1. The molecule has 2 aromatic carbocycles. The second-order valence-electron chi connectivity index (χ2n) is 8.03. The molecule has 154 valence electrons. The number of fused-ring (bicyclic) bond motifs is 2. The van der Waals surface area contributed by atoms with Crippen LogP contribution in [0.25, 0.3) is 0 Å². The zero-order chi connectivity index (χ0) is 20.8. The van der Waals surface area contributed by atoms with Gasteiger partial charge in [0.15, 0.2) is 0 Å². The lowest BCUT2D eigenvalue weighted by atomic mass is 9.93. The third-order valence-electron chi connectivity index (χ3n) is 5.39. The summed E-state index contributed by atoms with van der Waals surface area (Å²) in [7, 11) is -4.04. The number of carbonyl (C=O) groups excluding carboxylic acids is 1. The molecule has 0 aromatic heterocycles. The summed E-state index contributed by atoms with van der Waals surface area (Å²) in [6.45, 7) is 4.53. The zero-order valence-corrected chi connectivity index (χ0v) is 17.2. The Hall–Kier alpha value is -2.58. The predicted octanol–water partition coefficient (Wildman–Crippen LogP) is 2.23. The fourth-order valence-corrected chi connectivity index (χ4v) is 4.87. The number of primary amides is 1. The molecular formula is C21H24N2O5S. The standard InChI is InChI=1S/C21H24N2O5S/c1-21(2)10-8-13-12-14(6-7-17(13)27-21)29(25,26)28-18-5-3-4-16-15(18)9-11-23-19(16)20(22)24/h3-7,12,19,23H,8-11H2,1-2H3,(H2,22,24). The van der Waals surface area contributed by atoms with Gasteiger partial charge in [0.05, 0.1) is 0 Å². The predicted molar refractivity (Wildman–Crippen MR) is 107 cm³/mol. The third kappa shape index (κ3) is 3.82. The molecule has 0 saturated heterocycles. The van der Waals surface area contributed by atoms with Gasteiger partial charge >= 0.3 is 10.1 Å². The lowest BCUT2D eigenvalue weighted by Crippen LogP contribution is -2.38. The number of hydrogen-bond donors (Lipinski definition) is 2. The zero-order valence-electron chi connectivity index (χ0n) is 16.4. The van der Waals surface area contributed by atoms with Crippen molar-refractivity contribution >= 4 is 16.0 Å². The van der Waals surface area contributed by atoms with E-state index in [1.54, 1.807) is 30.3 Å². The second-order valence-corrected chi connectivity index (χ2v) is 9.58. The molecule has 2 aromatic rings. The van der Waals surface area contributed by atoms with Crippen LogP contribution in [0.4, 0.5) is 0 Å². The van der Waals surface area contributed by atoms with Gasteiger partial charge in [0.1, 0.15) is 28.0 Å². The summed E-state index contributed by atoms with van der Waals surface area (Å²) >= 11 is 0. The molecule has 0 fully saturated rings. The van der Waals surface area contributed by atoms with Gasteiger partial charge in [-0.05, 0) is 68.5 Å². The van der Waals surface area contributed by atoms with Crippen molar-refractivity contribution in [2.24, 2.45) is 5.73 Å². The Morgan fingerprint density at radius 3 is 2.79 bits per heavy atom. The Morgan fingerprint density at radius 2 is 2.03 bits per heavy atom. The minimum Gasteiger partial charge on any atom is -0.488 e. The van der Waals surface area contributed by atoms with E-state index in [0.29, 0.717) is 29.8 Å². The Bertz CT molecular complexity index is 1080. The van der Waals surface area contributed by atoms with E-state index in [1.165, 1.54) is 6.07 Å². The first-order valence-electron chi connectivity index (χ1n) is 9.57. The van der Waals surface area contributed by atoms with E-state index in [4.69, 9.17) is 14.7 Å². The first-order valence-corrected chi connectivity index (χ1v) is 11.0. The van der Waals surface area contributed by atoms with Gasteiger partial charge < -0.3 is 20.0 Å². The van der Waals surface area contributed by atoms with E-state index in [2.05, 4.69) is 5.32 Å². The van der Waals surface area contributed by atoms with Crippen molar-refractivity contribution in [1.29, 1.82) is 0 Å². The SMILES string of the molecule is CC1(C)CCc2cc(S(=O)(=O)Oc3cccc4c3CCNC4C(N)=O)ccc2O1. The van der Waals surface area contributed by atoms with Gasteiger partial charge in [0.2, 0.25) is 5.91 Å². The molecule has 2 heterocycles. The molecular weight excluding hydrogens is 392 g/mol. The number of aryl methyl sites for hydroxylation is 1. The number of benzene rings is 2. The molecule has 2 aliphatic heterocycles. The molecule has 0 bridgehead atoms. The molecule has 7 nitrogen and oxygen atoms in total. The molecule has 3 N–H and O–H groups in total. The fourth-order valence-electron chi connectivity index (χ4n) is 3.86. The summed E-state index contributed by atoms with van der Waals surface area (Å²) < 4.78 is 37.3. The van der Waals surface area contributed by atoms with Crippen LogP contribution >= 0.6 is 0 Å². The summed E-state index contributed by atoms with van der Waals surface area (Å²) in [6.07, 6.45) is 2.08. The highest BCUT2D eigenvalue weighted by molar-refractivity contribution is 7.87. The average molecular weight is 416 g/mol. The molecule has 1 amide bonds. The molecule has 29 heavy (non-hydrogen) atoms. The Labute approximate surface area is 170 Å². The third-order valence-corrected chi connectivity index (χ3v) is 6.62. The highest BCUT2D eigenvalue weighted by atomic mass is 32.2. The van der Waals surface area contributed by atoms with Crippen LogP contribution in [0.15, 0.2) is 41.3 Å². The Morgan fingerprint density at radius 1 is 1.24 bits per heavy atom. The van der Waals surface area contributed by atoms with Crippen LogP contribution in [0.2, 0.25) is 0 Å². The van der Waals surface area contributed by atoms with Crippen LogP contribution in [0.5, 0.6) is 11.5 Å². The van der Waals surface area contributed by atoms with Crippen LogP contribution in [-0.2, 0) is 27.8 Å². The van der Waals surface area contributed by atoms with Crippen molar-refractivity contribution in [3.8, 4) is 11.5 Å². The number of nitrogens with two attached hydrogens (primary N) is 1. The quantitative estimate of drug-likeness (QED) is 0.740. The minimum atomic E-state index is -4.04. The van der Waals surface area contributed by atoms with Gasteiger partial charge in [0.25, 0.3) is 0 Å². The van der Waals surface area contributed by atoms with Crippen LogP contribution in [0, 0.1) is 0 Å². The fraction of sp³-hybridized carbons (Fsp3) is 0.381. The van der Waals surface area contributed by atoms with Gasteiger partial charge in [-0.3, -0.25) is 4.79 Å². The van der Waals surface area contributed by atoms with E-state index in [-0.39, 0.29) is 16.2 Å². The van der Waals surface area contributed by atoms with E-state index in [0.717, 1.165) is 18.4 Å². The van der Waals surface area contributed by atoms with Gasteiger partial charge in [-0.25, -0.2) is 0 Å². The van der Waals surface area contributed by atoms with Crippen LogP contribution in [0.1, 0.15) is 43.0 Å². The lowest BCUT2D eigenvalue weighted by molar-refractivity contribution is -0.120. The monoisotopic (exact) mass is 416 g/mol. The molecule has 0 aliphatic carbocycles. The molecule has 8 heteroatoms. The maximum absolute atomic E-state index is 12.9. The van der Waals surface area contributed by atoms with Crippen molar-refractivity contribution in [2.75, 3.05) is 6.54 Å². The Kier molecular flexibility index (Phi) is 4.78. The largest absolute Gasteiger partial charge is 0.488 e. The first kappa shape index (κ1) is 19.7. The lowest BCUT2D eigenvalue weighted by Gasteiger charge is -2.32.